The molecule has 0 unspecified atom stereocenters. The molecule has 1 aromatic heterocycles. The highest BCUT2D eigenvalue weighted by Gasteiger charge is 2.45. The zero-order chi connectivity index (χ0) is 9.31. The minimum atomic E-state index is -0.678. The van der Waals surface area contributed by atoms with Crippen molar-refractivity contribution < 1.29 is 14.6 Å². The quantitative estimate of drug-likeness (QED) is 0.655. The maximum atomic E-state index is 11.8. The molecule has 0 aliphatic carbocycles. The number of ketones is 1. The smallest absolute Gasteiger partial charge is 0.177 e. The fraction of sp³-hybridized carbons (Fsp3) is 0.444. The summed E-state index contributed by atoms with van der Waals surface area (Å²) < 4.78 is 4.96. The van der Waals surface area contributed by atoms with Gasteiger partial charge in [-0.2, -0.15) is 0 Å². The summed E-state index contributed by atoms with van der Waals surface area (Å²) >= 11 is 0. The van der Waals surface area contributed by atoms with Gasteiger partial charge in [-0.3, -0.25) is 4.79 Å². The van der Waals surface area contributed by atoms with E-state index in [9.17, 15) is 4.79 Å². The van der Waals surface area contributed by atoms with Gasteiger partial charge in [0.05, 0.1) is 19.8 Å². The van der Waals surface area contributed by atoms with Crippen molar-refractivity contribution in [1.82, 2.24) is 4.98 Å². The van der Waals surface area contributed by atoms with Crippen LogP contribution in [0.3, 0.4) is 0 Å². The lowest BCUT2D eigenvalue weighted by atomic mass is 9.80. The molecule has 1 aliphatic heterocycles. The Labute approximate surface area is 75.5 Å². The average Bonchev–Trinajstić information content (AvgIpc) is 2.54. The first-order chi connectivity index (χ1) is 6.28. The number of ether oxygens (including phenoxy) is 1. The van der Waals surface area contributed by atoms with Crippen LogP contribution in [0.2, 0.25) is 0 Å². The zero-order valence-corrected chi connectivity index (χ0v) is 7.12. The molecule has 0 spiro atoms. The summed E-state index contributed by atoms with van der Waals surface area (Å²) in [4.78, 5) is 14.6. The number of H-pyrrole nitrogens is 1. The second kappa shape index (κ2) is 2.97. The van der Waals surface area contributed by atoms with Gasteiger partial charge in [0.2, 0.25) is 0 Å². The van der Waals surface area contributed by atoms with Crippen LogP contribution in [-0.4, -0.2) is 35.7 Å². The minimum Gasteiger partial charge on any atom is -0.395 e. The number of hydrogen-bond acceptors (Lipinski definition) is 3. The summed E-state index contributed by atoms with van der Waals surface area (Å²) in [6.07, 6.45) is 3.33. The number of carbonyl (C=O) groups is 1. The number of rotatable bonds is 3. The van der Waals surface area contributed by atoms with Crippen molar-refractivity contribution in [2.24, 2.45) is 5.41 Å². The lowest BCUT2D eigenvalue weighted by Crippen LogP contribution is -2.51. The van der Waals surface area contributed by atoms with Crippen LogP contribution in [0.25, 0.3) is 0 Å². The van der Waals surface area contributed by atoms with E-state index in [1.165, 1.54) is 0 Å². The van der Waals surface area contributed by atoms with Gasteiger partial charge in [-0.05, 0) is 6.07 Å². The summed E-state index contributed by atoms with van der Waals surface area (Å²) in [7, 11) is 0. The average molecular weight is 181 g/mol. The molecule has 0 aromatic carbocycles. The molecule has 0 amide bonds. The fourth-order valence-corrected chi connectivity index (χ4v) is 1.41. The summed E-state index contributed by atoms with van der Waals surface area (Å²) in [5.74, 6) is -0.0394. The van der Waals surface area contributed by atoms with Crippen LogP contribution in [0, 0.1) is 5.41 Å². The van der Waals surface area contributed by atoms with Gasteiger partial charge in [0, 0.05) is 18.0 Å². The van der Waals surface area contributed by atoms with Crippen molar-refractivity contribution in [3.8, 4) is 0 Å². The van der Waals surface area contributed by atoms with E-state index in [-0.39, 0.29) is 12.4 Å². The number of Topliss-reactive ketones (excluding diaryl/α,β-unsaturated/α-hetero) is 1. The van der Waals surface area contributed by atoms with Gasteiger partial charge in [0.15, 0.2) is 5.78 Å². The molecule has 2 N–H and O–H groups in total. The Kier molecular flexibility index (Phi) is 1.94. The van der Waals surface area contributed by atoms with E-state index >= 15 is 0 Å². The maximum absolute atomic E-state index is 11.8. The standard InChI is InChI=1S/C9H11NO3/c11-4-9(5-13-6-9)8(12)7-1-2-10-3-7/h1-3,10-11H,4-6H2. The molecule has 0 radical (unpaired) electrons. The Morgan fingerprint density at radius 1 is 1.69 bits per heavy atom. The molecule has 2 heterocycles. The molecule has 1 aliphatic rings. The first-order valence-electron chi connectivity index (χ1n) is 4.15. The molecule has 70 valence electrons. The maximum Gasteiger partial charge on any atom is 0.177 e. The van der Waals surface area contributed by atoms with E-state index in [4.69, 9.17) is 9.84 Å². The lowest BCUT2D eigenvalue weighted by Gasteiger charge is -2.37. The number of aromatic amines is 1. The van der Waals surface area contributed by atoms with Crippen molar-refractivity contribution in [3.63, 3.8) is 0 Å². The molecule has 1 aromatic rings. The highest BCUT2D eigenvalue weighted by atomic mass is 16.5. The van der Waals surface area contributed by atoms with Crippen LogP contribution in [0.4, 0.5) is 0 Å². The molecule has 4 nitrogen and oxygen atoms in total. The van der Waals surface area contributed by atoms with Crippen LogP contribution in [0.5, 0.6) is 0 Å². The Morgan fingerprint density at radius 3 is 2.85 bits per heavy atom. The van der Waals surface area contributed by atoms with Crippen LogP contribution in [-0.2, 0) is 4.74 Å². The molecule has 2 rings (SSSR count). The molecular formula is C9H11NO3. The summed E-state index contributed by atoms with van der Waals surface area (Å²) in [6, 6.07) is 1.71. The van der Waals surface area contributed by atoms with E-state index in [2.05, 4.69) is 4.98 Å². The molecule has 4 heteroatoms. The van der Waals surface area contributed by atoms with Gasteiger partial charge in [0.1, 0.15) is 5.41 Å². The minimum absolute atomic E-state index is 0.0394. The molecule has 0 bridgehead atoms. The van der Waals surface area contributed by atoms with Crippen molar-refractivity contribution in [3.05, 3.63) is 24.0 Å². The fourth-order valence-electron chi connectivity index (χ4n) is 1.41. The molecule has 1 saturated heterocycles. The highest BCUT2D eigenvalue weighted by Crippen LogP contribution is 2.30. The third-order valence-electron chi connectivity index (χ3n) is 2.40. The summed E-state index contributed by atoms with van der Waals surface area (Å²) in [6.45, 7) is 0.512. The Morgan fingerprint density at radius 2 is 2.46 bits per heavy atom. The first kappa shape index (κ1) is 8.47. The topological polar surface area (TPSA) is 62.3 Å². The van der Waals surface area contributed by atoms with E-state index in [0.717, 1.165) is 0 Å². The van der Waals surface area contributed by atoms with Crippen molar-refractivity contribution in [1.29, 1.82) is 0 Å². The second-order valence-electron chi connectivity index (χ2n) is 3.36. The predicted octanol–water partition coefficient (Wildman–Crippen LogP) is 0.206. The monoisotopic (exact) mass is 181 g/mol. The molecule has 1 fully saturated rings. The van der Waals surface area contributed by atoms with Crippen molar-refractivity contribution in [2.75, 3.05) is 19.8 Å². The number of aromatic nitrogens is 1. The van der Waals surface area contributed by atoms with Gasteiger partial charge < -0.3 is 14.8 Å². The highest BCUT2D eigenvalue weighted by molar-refractivity contribution is 6.01. The zero-order valence-electron chi connectivity index (χ0n) is 7.12. The van der Waals surface area contributed by atoms with Crippen molar-refractivity contribution >= 4 is 5.78 Å². The van der Waals surface area contributed by atoms with Gasteiger partial charge >= 0.3 is 0 Å². The molecule has 0 saturated carbocycles. The SMILES string of the molecule is O=C(c1cc[nH]c1)C1(CO)COC1. The van der Waals surface area contributed by atoms with Crippen LogP contribution >= 0.6 is 0 Å². The van der Waals surface area contributed by atoms with Crippen LogP contribution in [0.15, 0.2) is 18.5 Å². The number of aliphatic hydroxyl groups excluding tert-OH is 1. The number of hydrogen-bond donors (Lipinski definition) is 2. The second-order valence-corrected chi connectivity index (χ2v) is 3.36. The van der Waals surface area contributed by atoms with Gasteiger partial charge in [-0.15, -0.1) is 0 Å². The van der Waals surface area contributed by atoms with Crippen LogP contribution < -0.4 is 0 Å². The summed E-state index contributed by atoms with van der Waals surface area (Å²) in [5, 5.41) is 9.09. The van der Waals surface area contributed by atoms with Gasteiger partial charge in [-0.1, -0.05) is 0 Å². The number of nitrogens with one attached hydrogen (secondary N) is 1. The third kappa shape index (κ3) is 1.18. The van der Waals surface area contributed by atoms with E-state index < -0.39 is 5.41 Å². The third-order valence-corrected chi connectivity index (χ3v) is 2.40. The van der Waals surface area contributed by atoms with Crippen LogP contribution in [0.1, 0.15) is 10.4 Å². The Balaban J connectivity index is 2.21. The van der Waals surface area contributed by atoms with E-state index in [1.54, 1.807) is 18.5 Å². The Bertz CT molecular complexity index is 295. The van der Waals surface area contributed by atoms with Crippen molar-refractivity contribution in [2.45, 2.75) is 0 Å². The predicted molar refractivity (Wildman–Crippen MR) is 45.5 cm³/mol. The van der Waals surface area contributed by atoms with Gasteiger partial charge in [-0.25, -0.2) is 0 Å². The van der Waals surface area contributed by atoms with E-state index in [0.29, 0.717) is 18.8 Å². The van der Waals surface area contributed by atoms with E-state index in [1.807, 2.05) is 0 Å². The van der Waals surface area contributed by atoms with Gasteiger partial charge in [0.25, 0.3) is 0 Å². The number of aliphatic hydroxyl groups is 1. The molecule has 13 heavy (non-hydrogen) atoms. The largest absolute Gasteiger partial charge is 0.395 e. The molecule has 0 atom stereocenters. The summed E-state index contributed by atoms with van der Waals surface area (Å²) in [5.41, 5.74) is -0.0697. The lowest BCUT2D eigenvalue weighted by molar-refractivity contribution is -0.109. The Hall–Kier alpha value is -1.13. The first-order valence-corrected chi connectivity index (χ1v) is 4.15. The molecular weight excluding hydrogens is 170 g/mol. The normalized spacial score (nSPS) is 19.5. The number of carbonyl (C=O) groups excluding carboxylic acids is 1.